The zero-order chi connectivity index (χ0) is 23.4. The van der Waals surface area contributed by atoms with E-state index in [1.54, 1.807) is 0 Å². The van der Waals surface area contributed by atoms with Crippen LogP contribution in [0.5, 0.6) is 0 Å². The predicted octanol–water partition coefficient (Wildman–Crippen LogP) is 7.31. The van der Waals surface area contributed by atoms with Crippen molar-refractivity contribution in [2.75, 3.05) is 16.5 Å². The van der Waals surface area contributed by atoms with Gasteiger partial charge in [0.05, 0.1) is 12.4 Å². The Morgan fingerprint density at radius 2 is 1.57 bits per heavy atom. The number of hydrogen-bond donors (Lipinski definition) is 0. The molecule has 6 heteroatoms. The van der Waals surface area contributed by atoms with E-state index in [1.807, 2.05) is 54.7 Å². The molecule has 5 aromatic rings. The summed E-state index contributed by atoms with van der Waals surface area (Å²) in [6.07, 6.45) is 1.94. The highest BCUT2D eigenvalue weighted by Crippen LogP contribution is 2.39. The van der Waals surface area contributed by atoms with Crippen molar-refractivity contribution in [2.45, 2.75) is 13.1 Å². The molecule has 0 atom stereocenters. The van der Waals surface area contributed by atoms with Gasteiger partial charge in [0.25, 0.3) is 0 Å². The standard InChI is InChI=1S/C29H21BrN4O/c30-23-8-12-27-22(14-23)17-34-18-33(27)16-21-13-19(5-11-26(21)34)15-31-24-9-6-20(7-10-24)29-32-25-3-1-2-4-28(25)35-29/h1-15H,16-18H2. The molecule has 0 spiro atoms. The predicted molar refractivity (Wildman–Crippen MR) is 145 cm³/mol. The number of benzene rings is 4. The van der Waals surface area contributed by atoms with Gasteiger partial charge in [0.1, 0.15) is 5.52 Å². The number of aromatic nitrogens is 1. The maximum atomic E-state index is 5.88. The lowest BCUT2D eigenvalue weighted by atomic mass is 10.0. The van der Waals surface area contributed by atoms with E-state index in [9.17, 15) is 0 Å². The summed E-state index contributed by atoms with van der Waals surface area (Å²) in [5.41, 5.74) is 9.94. The Bertz CT molecular complexity index is 1570. The van der Waals surface area contributed by atoms with Gasteiger partial charge in [0.15, 0.2) is 5.58 Å². The number of fused-ring (bicyclic) bond motifs is 7. The summed E-state index contributed by atoms with van der Waals surface area (Å²) in [4.78, 5) is 14.2. The zero-order valence-corrected chi connectivity index (χ0v) is 20.4. The van der Waals surface area contributed by atoms with Crippen molar-refractivity contribution < 1.29 is 4.42 Å². The molecule has 1 aromatic heterocycles. The van der Waals surface area contributed by atoms with Crippen LogP contribution in [0.1, 0.15) is 16.7 Å². The molecule has 0 N–H and O–H groups in total. The third kappa shape index (κ3) is 3.70. The molecule has 3 heterocycles. The number of para-hydroxylation sites is 2. The fourth-order valence-electron chi connectivity index (χ4n) is 4.98. The average Bonchev–Trinajstić information content (AvgIpc) is 3.32. The second kappa shape index (κ2) is 8.10. The van der Waals surface area contributed by atoms with Crippen LogP contribution in [0.2, 0.25) is 0 Å². The molecule has 4 aromatic carbocycles. The minimum absolute atomic E-state index is 0.626. The number of nitrogens with zero attached hydrogens (tertiary/aromatic N) is 4. The largest absolute Gasteiger partial charge is 0.436 e. The molecule has 0 fully saturated rings. The molecule has 0 amide bonds. The zero-order valence-electron chi connectivity index (χ0n) is 18.9. The van der Waals surface area contributed by atoms with E-state index in [4.69, 9.17) is 9.41 Å². The molecular formula is C29H21BrN4O. The van der Waals surface area contributed by atoms with E-state index in [2.05, 4.69) is 67.1 Å². The van der Waals surface area contributed by atoms with Crippen LogP contribution in [0.4, 0.5) is 17.1 Å². The normalized spacial score (nSPS) is 14.4. The van der Waals surface area contributed by atoms with Gasteiger partial charge in [-0.2, -0.15) is 0 Å². The lowest BCUT2D eigenvalue weighted by molar-refractivity contribution is 0.620. The van der Waals surface area contributed by atoms with Crippen LogP contribution in [0, 0.1) is 0 Å². The van der Waals surface area contributed by atoms with Gasteiger partial charge in [0, 0.05) is 40.7 Å². The highest BCUT2D eigenvalue weighted by Gasteiger charge is 2.29. The Hall–Kier alpha value is -3.90. The molecule has 0 saturated heterocycles. The molecular weight excluding hydrogens is 500 g/mol. The van der Waals surface area contributed by atoms with Crippen LogP contribution in [0.25, 0.3) is 22.6 Å². The van der Waals surface area contributed by atoms with Gasteiger partial charge in [0.2, 0.25) is 5.89 Å². The van der Waals surface area contributed by atoms with E-state index in [1.165, 1.54) is 22.5 Å². The lowest BCUT2D eigenvalue weighted by Crippen LogP contribution is -2.46. The Morgan fingerprint density at radius 1 is 0.829 bits per heavy atom. The van der Waals surface area contributed by atoms with Crippen LogP contribution < -0.4 is 9.80 Å². The Labute approximate surface area is 211 Å². The number of rotatable bonds is 3. The minimum atomic E-state index is 0.626. The first kappa shape index (κ1) is 20.5. The third-order valence-corrected chi connectivity index (χ3v) is 7.15. The van der Waals surface area contributed by atoms with Crippen molar-refractivity contribution in [3.8, 4) is 11.5 Å². The molecule has 0 radical (unpaired) electrons. The quantitative estimate of drug-likeness (QED) is 0.234. The highest BCUT2D eigenvalue weighted by molar-refractivity contribution is 9.10. The number of halogens is 1. The van der Waals surface area contributed by atoms with Crippen molar-refractivity contribution in [1.82, 2.24) is 4.98 Å². The second-order valence-electron chi connectivity index (χ2n) is 8.99. The number of anilines is 2. The van der Waals surface area contributed by atoms with Crippen molar-refractivity contribution in [1.29, 1.82) is 0 Å². The van der Waals surface area contributed by atoms with Gasteiger partial charge in [-0.1, -0.05) is 34.1 Å². The van der Waals surface area contributed by atoms with E-state index in [0.29, 0.717) is 5.89 Å². The van der Waals surface area contributed by atoms with Crippen molar-refractivity contribution in [3.05, 3.63) is 106 Å². The van der Waals surface area contributed by atoms with Gasteiger partial charge in [-0.15, -0.1) is 0 Å². The summed E-state index contributed by atoms with van der Waals surface area (Å²) in [5.74, 6) is 0.626. The lowest BCUT2D eigenvalue weighted by Gasteiger charge is -2.44. The smallest absolute Gasteiger partial charge is 0.227 e. The fourth-order valence-corrected chi connectivity index (χ4v) is 5.39. The van der Waals surface area contributed by atoms with Crippen LogP contribution in [-0.2, 0) is 13.1 Å². The second-order valence-corrected chi connectivity index (χ2v) is 9.91. The van der Waals surface area contributed by atoms with Crippen LogP contribution in [0.3, 0.4) is 0 Å². The number of hydrogen-bond acceptors (Lipinski definition) is 5. The van der Waals surface area contributed by atoms with Crippen molar-refractivity contribution >= 4 is 50.3 Å². The van der Waals surface area contributed by atoms with Crippen molar-refractivity contribution in [3.63, 3.8) is 0 Å². The molecule has 7 rings (SSSR count). The molecule has 0 aliphatic carbocycles. The monoisotopic (exact) mass is 520 g/mol. The van der Waals surface area contributed by atoms with E-state index in [0.717, 1.165) is 52.1 Å². The first-order valence-electron chi connectivity index (χ1n) is 11.6. The highest BCUT2D eigenvalue weighted by atomic mass is 79.9. The van der Waals surface area contributed by atoms with Crippen LogP contribution in [0.15, 0.2) is 98.8 Å². The fraction of sp³-hybridized carbons (Fsp3) is 0.103. The van der Waals surface area contributed by atoms with Gasteiger partial charge < -0.3 is 14.2 Å². The van der Waals surface area contributed by atoms with Gasteiger partial charge in [-0.05, 0) is 83.4 Å². The molecule has 2 aliphatic heterocycles. The van der Waals surface area contributed by atoms with E-state index < -0.39 is 0 Å². The Morgan fingerprint density at radius 3 is 2.37 bits per heavy atom. The van der Waals surface area contributed by atoms with Gasteiger partial charge in [-0.3, -0.25) is 4.99 Å². The summed E-state index contributed by atoms with van der Waals surface area (Å²) in [6.45, 7) is 2.76. The third-order valence-electron chi connectivity index (χ3n) is 6.66. The maximum absolute atomic E-state index is 5.88. The summed E-state index contributed by atoms with van der Waals surface area (Å²) < 4.78 is 7.01. The van der Waals surface area contributed by atoms with Crippen LogP contribution in [-0.4, -0.2) is 17.9 Å². The summed E-state index contributed by atoms with van der Waals surface area (Å²) in [6, 6.07) is 29.0. The van der Waals surface area contributed by atoms with Crippen LogP contribution >= 0.6 is 15.9 Å². The number of oxazole rings is 1. The molecule has 0 saturated carbocycles. The summed E-state index contributed by atoms with van der Waals surface area (Å²) in [7, 11) is 0. The molecule has 0 unspecified atom stereocenters. The van der Waals surface area contributed by atoms with Gasteiger partial charge in [-0.25, -0.2) is 4.98 Å². The first-order chi connectivity index (χ1) is 17.2. The molecule has 35 heavy (non-hydrogen) atoms. The molecule has 2 aliphatic rings. The summed E-state index contributed by atoms with van der Waals surface area (Å²) >= 11 is 3.61. The molecule has 5 nitrogen and oxygen atoms in total. The minimum Gasteiger partial charge on any atom is -0.436 e. The molecule has 2 bridgehead atoms. The van der Waals surface area contributed by atoms with Gasteiger partial charge >= 0.3 is 0 Å². The summed E-state index contributed by atoms with van der Waals surface area (Å²) in [5, 5.41) is 0. The molecule has 170 valence electrons. The number of aliphatic imine (C=N–C) groups is 1. The average molecular weight is 521 g/mol. The Balaban J connectivity index is 1.11. The SMILES string of the molecule is Brc1ccc2c(c1)CN1CN2Cc2cc(C=Nc3ccc(-c4nc5ccccc5o4)cc3)ccc21. The topological polar surface area (TPSA) is 44.9 Å². The first-order valence-corrected chi connectivity index (χ1v) is 12.4. The Kier molecular flexibility index (Phi) is 4.74. The van der Waals surface area contributed by atoms with E-state index in [-0.39, 0.29) is 0 Å². The van der Waals surface area contributed by atoms with E-state index >= 15 is 0 Å². The maximum Gasteiger partial charge on any atom is 0.227 e. The van der Waals surface area contributed by atoms with Crippen molar-refractivity contribution in [2.24, 2.45) is 4.99 Å².